The summed E-state index contributed by atoms with van der Waals surface area (Å²) in [6.45, 7) is 4.12. The second kappa shape index (κ2) is 7.03. The summed E-state index contributed by atoms with van der Waals surface area (Å²) in [7, 11) is 0. The molecule has 0 bridgehead atoms. The van der Waals surface area contributed by atoms with Gasteiger partial charge >= 0.3 is 0 Å². The van der Waals surface area contributed by atoms with Gasteiger partial charge in [-0.2, -0.15) is 0 Å². The van der Waals surface area contributed by atoms with E-state index in [1.165, 1.54) is 5.56 Å². The molecule has 0 radical (unpaired) electrons. The molecule has 2 aromatic carbocycles. The van der Waals surface area contributed by atoms with Crippen molar-refractivity contribution in [2.75, 3.05) is 11.1 Å². The molecule has 0 saturated carbocycles. The fourth-order valence-electron chi connectivity index (χ4n) is 3.24. The van der Waals surface area contributed by atoms with Crippen molar-refractivity contribution in [3.63, 3.8) is 0 Å². The van der Waals surface area contributed by atoms with Gasteiger partial charge in [0.15, 0.2) is 0 Å². The molecule has 5 nitrogen and oxygen atoms in total. The minimum Gasteiger partial charge on any atom is -0.399 e. The standard InChI is InChI=1S/C22H21N5/c1-14-7-8-16(12-24-14)19-6-4-3-5-18(19)15(2)27-22-20-11-17(23)9-10-21(20)25-13-26-22/h3-13,15H,23H2,1-2H3,(H,25,26,27). The molecule has 4 rings (SSSR count). The lowest BCUT2D eigenvalue weighted by Gasteiger charge is -2.19. The average molecular weight is 355 g/mol. The van der Waals surface area contributed by atoms with Crippen molar-refractivity contribution >= 4 is 22.4 Å². The number of nitrogen functional groups attached to an aromatic ring is 1. The quantitative estimate of drug-likeness (QED) is 0.516. The molecule has 5 heteroatoms. The molecule has 0 aliphatic carbocycles. The molecule has 1 unspecified atom stereocenters. The van der Waals surface area contributed by atoms with Crippen LogP contribution in [0.2, 0.25) is 0 Å². The van der Waals surface area contributed by atoms with Gasteiger partial charge in [-0.25, -0.2) is 9.97 Å². The summed E-state index contributed by atoms with van der Waals surface area (Å²) in [6.07, 6.45) is 3.49. The van der Waals surface area contributed by atoms with Crippen molar-refractivity contribution < 1.29 is 0 Å². The lowest BCUT2D eigenvalue weighted by Crippen LogP contribution is -2.10. The summed E-state index contributed by atoms with van der Waals surface area (Å²) in [5.74, 6) is 0.775. The molecule has 134 valence electrons. The molecular weight excluding hydrogens is 334 g/mol. The minimum atomic E-state index is 0.0435. The van der Waals surface area contributed by atoms with Crippen LogP contribution in [0, 0.1) is 6.92 Å². The number of nitrogens with one attached hydrogen (secondary N) is 1. The first kappa shape index (κ1) is 17.0. The second-order valence-electron chi connectivity index (χ2n) is 6.64. The SMILES string of the molecule is Cc1ccc(-c2ccccc2C(C)Nc2ncnc3ccc(N)cc23)cn1. The van der Waals surface area contributed by atoms with E-state index in [2.05, 4.69) is 51.5 Å². The largest absolute Gasteiger partial charge is 0.399 e. The van der Waals surface area contributed by atoms with Gasteiger partial charge in [0.05, 0.1) is 11.6 Å². The van der Waals surface area contributed by atoms with E-state index in [1.54, 1.807) is 6.33 Å². The second-order valence-corrected chi connectivity index (χ2v) is 6.64. The van der Waals surface area contributed by atoms with Gasteiger partial charge in [-0.3, -0.25) is 4.98 Å². The van der Waals surface area contributed by atoms with E-state index in [4.69, 9.17) is 5.73 Å². The van der Waals surface area contributed by atoms with E-state index in [0.29, 0.717) is 5.69 Å². The lowest BCUT2D eigenvalue weighted by atomic mass is 9.96. The Labute approximate surface area is 158 Å². The molecule has 2 aromatic heterocycles. The Hall–Kier alpha value is -3.47. The number of anilines is 2. The van der Waals surface area contributed by atoms with Crippen molar-refractivity contribution in [3.05, 3.63) is 78.4 Å². The van der Waals surface area contributed by atoms with Crippen molar-refractivity contribution in [2.45, 2.75) is 19.9 Å². The molecule has 4 aromatic rings. The monoisotopic (exact) mass is 355 g/mol. The van der Waals surface area contributed by atoms with Gasteiger partial charge in [-0.05, 0) is 49.2 Å². The van der Waals surface area contributed by atoms with Gasteiger partial charge in [-0.1, -0.05) is 30.3 Å². The number of nitrogens with zero attached hydrogens (tertiary/aromatic N) is 3. The van der Waals surface area contributed by atoms with Gasteiger partial charge in [0.2, 0.25) is 0 Å². The number of fused-ring (bicyclic) bond motifs is 1. The van der Waals surface area contributed by atoms with Gasteiger partial charge in [-0.15, -0.1) is 0 Å². The van der Waals surface area contributed by atoms with Crippen LogP contribution in [0.5, 0.6) is 0 Å². The smallest absolute Gasteiger partial charge is 0.137 e. The number of hydrogen-bond acceptors (Lipinski definition) is 5. The van der Waals surface area contributed by atoms with Crippen LogP contribution in [-0.2, 0) is 0 Å². The molecule has 0 aliphatic heterocycles. The van der Waals surface area contributed by atoms with Crippen LogP contribution in [0.15, 0.2) is 67.1 Å². The van der Waals surface area contributed by atoms with Gasteiger partial charge in [0.1, 0.15) is 12.1 Å². The number of benzene rings is 2. The number of hydrogen-bond donors (Lipinski definition) is 2. The van der Waals surface area contributed by atoms with Gasteiger partial charge < -0.3 is 11.1 Å². The number of pyridine rings is 1. The third-order valence-corrected chi connectivity index (χ3v) is 4.66. The molecular formula is C22H21N5. The van der Waals surface area contributed by atoms with Crippen molar-refractivity contribution in [2.24, 2.45) is 0 Å². The molecule has 3 N–H and O–H groups in total. The maximum absolute atomic E-state index is 5.96. The van der Waals surface area contributed by atoms with Crippen LogP contribution in [0.4, 0.5) is 11.5 Å². The molecule has 2 heterocycles. The van der Waals surface area contributed by atoms with Crippen LogP contribution in [0.3, 0.4) is 0 Å². The van der Waals surface area contributed by atoms with E-state index in [1.807, 2.05) is 43.5 Å². The maximum Gasteiger partial charge on any atom is 0.137 e. The highest BCUT2D eigenvalue weighted by Crippen LogP contribution is 2.31. The van der Waals surface area contributed by atoms with E-state index in [9.17, 15) is 0 Å². The first-order valence-corrected chi connectivity index (χ1v) is 8.90. The Morgan fingerprint density at radius 1 is 0.963 bits per heavy atom. The van der Waals surface area contributed by atoms with Crippen molar-refractivity contribution in [1.29, 1.82) is 0 Å². The normalized spacial score (nSPS) is 12.1. The Kier molecular flexibility index (Phi) is 4.42. The fraction of sp³-hybridized carbons (Fsp3) is 0.136. The molecule has 0 amide bonds. The number of aromatic nitrogens is 3. The zero-order valence-electron chi connectivity index (χ0n) is 15.3. The number of nitrogens with two attached hydrogens (primary N) is 1. The summed E-state index contributed by atoms with van der Waals surface area (Å²) >= 11 is 0. The van der Waals surface area contributed by atoms with Crippen molar-refractivity contribution in [3.8, 4) is 11.1 Å². The van der Waals surface area contributed by atoms with Crippen LogP contribution in [-0.4, -0.2) is 15.0 Å². The first-order valence-electron chi connectivity index (χ1n) is 8.90. The van der Waals surface area contributed by atoms with Gasteiger partial charge in [0.25, 0.3) is 0 Å². The Morgan fingerprint density at radius 2 is 1.81 bits per heavy atom. The molecule has 0 saturated heterocycles. The molecule has 27 heavy (non-hydrogen) atoms. The molecule has 1 atom stereocenters. The van der Waals surface area contributed by atoms with Crippen LogP contribution >= 0.6 is 0 Å². The predicted molar refractivity (Wildman–Crippen MR) is 110 cm³/mol. The molecule has 0 spiro atoms. The highest BCUT2D eigenvalue weighted by Gasteiger charge is 2.14. The highest BCUT2D eigenvalue weighted by atomic mass is 15.0. The van der Waals surface area contributed by atoms with Gasteiger partial charge in [0, 0.05) is 28.5 Å². The zero-order chi connectivity index (χ0) is 18.8. The molecule has 0 fully saturated rings. The van der Waals surface area contributed by atoms with Crippen molar-refractivity contribution in [1.82, 2.24) is 15.0 Å². The van der Waals surface area contributed by atoms with E-state index in [0.717, 1.165) is 33.5 Å². The van der Waals surface area contributed by atoms with Crippen LogP contribution < -0.4 is 11.1 Å². The fourth-order valence-corrected chi connectivity index (χ4v) is 3.24. The Bertz CT molecular complexity index is 1090. The summed E-state index contributed by atoms with van der Waals surface area (Å²) < 4.78 is 0. The average Bonchev–Trinajstić information content (AvgIpc) is 2.69. The Balaban J connectivity index is 1.72. The topological polar surface area (TPSA) is 76.7 Å². The van der Waals surface area contributed by atoms with Crippen LogP contribution in [0.25, 0.3) is 22.0 Å². The predicted octanol–water partition coefficient (Wildman–Crippen LogP) is 4.76. The third kappa shape index (κ3) is 3.44. The zero-order valence-corrected chi connectivity index (χ0v) is 15.3. The summed E-state index contributed by atoms with van der Waals surface area (Å²) in [4.78, 5) is 13.2. The Morgan fingerprint density at radius 3 is 2.63 bits per heavy atom. The number of aryl methyl sites for hydroxylation is 1. The summed E-state index contributed by atoms with van der Waals surface area (Å²) in [5.41, 5.74) is 12.0. The number of rotatable bonds is 4. The maximum atomic E-state index is 5.96. The van der Waals surface area contributed by atoms with E-state index >= 15 is 0 Å². The first-order chi connectivity index (χ1) is 13.1. The van der Waals surface area contributed by atoms with Crippen LogP contribution in [0.1, 0.15) is 24.2 Å². The van der Waals surface area contributed by atoms with E-state index < -0.39 is 0 Å². The minimum absolute atomic E-state index is 0.0435. The van der Waals surface area contributed by atoms with E-state index in [-0.39, 0.29) is 6.04 Å². The third-order valence-electron chi connectivity index (χ3n) is 4.66. The summed E-state index contributed by atoms with van der Waals surface area (Å²) in [6, 6.07) is 18.2. The summed E-state index contributed by atoms with van der Waals surface area (Å²) in [5, 5.41) is 4.44. The lowest BCUT2D eigenvalue weighted by molar-refractivity contribution is 0.878. The highest BCUT2D eigenvalue weighted by molar-refractivity contribution is 5.91. The molecule has 0 aliphatic rings.